The first-order chi connectivity index (χ1) is 12.4. The Balaban J connectivity index is 1.88. The minimum absolute atomic E-state index is 0.133. The van der Waals surface area contributed by atoms with E-state index in [0.717, 1.165) is 35.6 Å². The van der Waals surface area contributed by atoms with Gasteiger partial charge in [-0.1, -0.05) is 11.6 Å². The molecule has 0 fully saturated rings. The lowest BCUT2D eigenvalue weighted by Crippen LogP contribution is -2.15. The predicted octanol–water partition coefficient (Wildman–Crippen LogP) is 3.56. The molecule has 1 N–H and O–H groups in total. The molecule has 0 unspecified atom stereocenters. The average molecular weight is 371 g/mol. The quantitative estimate of drug-likeness (QED) is 0.715. The van der Waals surface area contributed by atoms with E-state index in [-0.39, 0.29) is 11.9 Å². The summed E-state index contributed by atoms with van der Waals surface area (Å²) < 4.78 is 3.95. The van der Waals surface area contributed by atoms with Crippen molar-refractivity contribution in [2.24, 2.45) is 0 Å². The van der Waals surface area contributed by atoms with E-state index in [0.29, 0.717) is 11.0 Å². The summed E-state index contributed by atoms with van der Waals surface area (Å²) in [6, 6.07) is 5.81. The summed E-state index contributed by atoms with van der Waals surface area (Å²) in [7, 11) is 0. The van der Waals surface area contributed by atoms with Crippen LogP contribution in [0.2, 0.25) is 5.15 Å². The predicted molar refractivity (Wildman–Crippen MR) is 100 cm³/mol. The zero-order chi connectivity index (χ0) is 18.4. The fourth-order valence-electron chi connectivity index (χ4n) is 3.34. The van der Waals surface area contributed by atoms with E-state index in [1.807, 2.05) is 21.5 Å². The van der Waals surface area contributed by atoms with Gasteiger partial charge in [-0.25, -0.2) is 4.98 Å². The Bertz CT molecular complexity index is 986. The van der Waals surface area contributed by atoms with E-state index in [1.54, 1.807) is 12.3 Å². The second kappa shape index (κ2) is 6.25. The Kier molecular flexibility index (Phi) is 4.03. The van der Waals surface area contributed by atoms with Gasteiger partial charge in [0.15, 0.2) is 5.82 Å². The van der Waals surface area contributed by atoms with Gasteiger partial charge in [0, 0.05) is 42.9 Å². The molecular formula is C18H19ClN6O. The zero-order valence-corrected chi connectivity index (χ0v) is 15.6. The normalized spacial score (nSPS) is 12.8. The Morgan fingerprint density at radius 3 is 2.77 bits per heavy atom. The number of rotatable bonds is 3. The lowest BCUT2D eigenvalue weighted by molar-refractivity contribution is -0.114. The highest BCUT2D eigenvalue weighted by Gasteiger charge is 2.28. The largest absolute Gasteiger partial charge is 0.309 e. The summed E-state index contributed by atoms with van der Waals surface area (Å²) in [4.78, 5) is 15.6. The first-order valence-corrected chi connectivity index (χ1v) is 8.91. The van der Waals surface area contributed by atoms with Crippen molar-refractivity contribution < 1.29 is 4.79 Å². The van der Waals surface area contributed by atoms with Crippen molar-refractivity contribution >= 4 is 23.3 Å². The van der Waals surface area contributed by atoms with Crippen molar-refractivity contribution in [1.29, 1.82) is 0 Å². The molecule has 3 aromatic rings. The number of aromatic nitrogens is 5. The zero-order valence-electron chi connectivity index (χ0n) is 14.8. The van der Waals surface area contributed by atoms with Crippen molar-refractivity contribution in [3.8, 4) is 22.6 Å². The van der Waals surface area contributed by atoms with Crippen LogP contribution < -0.4 is 5.32 Å². The minimum Gasteiger partial charge on any atom is -0.309 e. The van der Waals surface area contributed by atoms with Gasteiger partial charge in [-0.3, -0.25) is 14.2 Å². The molecular weight excluding hydrogens is 352 g/mol. The third kappa shape index (κ3) is 2.78. The maximum atomic E-state index is 11.4. The molecule has 1 amide bonds. The molecule has 0 radical (unpaired) electrons. The van der Waals surface area contributed by atoms with Gasteiger partial charge < -0.3 is 5.32 Å². The van der Waals surface area contributed by atoms with Crippen molar-refractivity contribution in [3.63, 3.8) is 0 Å². The molecule has 0 spiro atoms. The standard InChI is InChI=1S/C18H19ClN6O/c1-10(2)25-18-13(17(23-25)12-4-5-15(19)20-9-12)6-7-24-14(18)8-16(22-24)21-11(3)26/h4-5,8-10H,6-7H2,1-3H3,(H,21,22,26). The molecule has 0 saturated heterocycles. The third-order valence-electron chi connectivity index (χ3n) is 4.40. The molecule has 1 aliphatic heterocycles. The molecule has 134 valence electrons. The van der Waals surface area contributed by atoms with Crippen LogP contribution in [-0.4, -0.2) is 30.5 Å². The SMILES string of the molecule is CC(=O)Nc1cc2n(n1)CCc1c(-c3ccc(Cl)nc3)nn(C(C)C)c1-2. The number of carbonyl (C=O) groups excluding carboxylic acids is 1. The number of nitrogens with zero attached hydrogens (tertiary/aromatic N) is 5. The summed E-state index contributed by atoms with van der Waals surface area (Å²) in [5, 5.41) is 12.6. The lowest BCUT2D eigenvalue weighted by Gasteiger charge is -2.18. The van der Waals surface area contributed by atoms with Crippen LogP contribution in [0.25, 0.3) is 22.6 Å². The van der Waals surface area contributed by atoms with E-state index >= 15 is 0 Å². The van der Waals surface area contributed by atoms with E-state index in [2.05, 4.69) is 29.2 Å². The molecule has 0 aliphatic carbocycles. The number of pyridine rings is 1. The topological polar surface area (TPSA) is 77.6 Å². The Morgan fingerprint density at radius 2 is 2.12 bits per heavy atom. The Labute approximate surface area is 156 Å². The van der Waals surface area contributed by atoms with Gasteiger partial charge in [0.25, 0.3) is 0 Å². The Hall–Kier alpha value is -2.67. The van der Waals surface area contributed by atoms with Crippen LogP contribution in [0.4, 0.5) is 5.82 Å². The van der Waals surface area contributed by atoms with E-state index in [9.17, 15) is 4.79 Å². The smallest absolute Gasteiger partial charge is 0.222 e. The van der Waals surface area contributed by atoms with Crippen molar-refractivity contribution in [2.45, 2.75) is 39.8 Å². The molecule has 0 bridgehead atoms. The maximum Gasteiger partial charge on any atom is 0.222 e. The fraction of sp³-hybridized carbons (Fsp3) is 0.333. The van der Waals surface area contributed by atoms with E-state index in [1.165, 1.54) is 12.5 Å². The van der Waals surface area contributed by atoms with Crippen molar-refractivity contribution in [3.05, 3.63) is 35.1 Å². The average Bonchev–Trinajstić information content (AvgIpc) is 3.15. The number of fused-ring (bicyclic) bond motifs is 3. The molecule has 1 aliphatic rings. The fourth-order valence-corrected chi connectivity index (χ4v) is 3.45. The number of halogens is 1. The number of aryl methyl sites for hydroxylation is 1. The van der Waals surface area contributed by atoms with Crippen LogP contribution in [0.15, 0.2) is 24.4 Å². The second-order valence-electron chi connectivity index (χ2n) is 6.65. The third-order valence-corrected chi connectivity index (χ3v) is 4.62. The van der Waals surface area contributed by atoms with Crippen LogP contribution in [0, 0.1) is 0 Å². The van der Waals surface area contributed by atoms with Crippen LogP contribution in [0.3, 0.4) is 0 Å². The van der Waals surface area contributed by atoms with Gasteiger partial charge in [0.05, 0.1) is 17.1 Å². The van der Waals surface area contributed by atoms with Crippen molar-refractivity contribution in [1.82, 2.24) is 24.5 Å². The van der Waals surface area contributed by atoms with Crippen molar-refractivity contribution in [2.75, 3.05) is 5.32 Å². The van der Waals surface area contributed by atoms with E-state index < -0.39 is 0 Å². The van der Waals surface area contributed by atoms with Crippen LogP contribution in [-0.2, 0) is 17.8 Å². The molecule has 0 aromatic carbocycles. The van der Waals surface area contributed by atoms with Gasteiger partial charge >= 0.3 is 0 Å². The number of hydrogen-bond donors (Lipinski definition) is 1. The number of amides is 1. The molecule has 0 saturated carbocycles. The van der Waals surface area contributed by atoms with Gasteiger partial charge in [-0.15, -0.1) is 0 Å². The Morgan fingerprint density at radius 1 is 1.31 bits per heavy atom. The van der Waals surface area contributed by atoms with Crippen LogP contribution in [0.1, 0.15) is 32.4 Å². The number of hydrogen-bond acceptors (Lipinski definition) is 4. The highest BCUT2D eigenvalue weighted by molar-refractivity contribution is 6.29. The summed E-state index contributed by atoms with van der Waals surface area (Å²) in [6.45, 7) is 6.41. The van der Waals surface area contributed by atoms with Gasteiger partial charge in [-0.2, -0.15) is 10.2 Å². The maximum absolute atomic E-state index is 11.4. The monoisotopic (exact) mass is 370 g/mol. The molecule has 3 aromatic heterocycles. The summed E-state index contributed by atoms with van der Waals surface area (Å²) in [5.41, 5.74) is 5.04. The van der Waals surface area contributed by atoms with Crippen LogP contribution >= 0.6 is 11.6 Å². The first kappa shape index (κ1) is 16.8. The first-order valence-electron chi connectivity index (χ1n) is 8.53. The molecule has 0 atom stereocenters. The summed E-state index contributed by atoms with van der Waals surface area (Å²) in [6.07, 6.45) is 2.57. The molecule has 26 heavy (non-hydrogen) atoms. The van der Waals surface area contributed by atoms with Crippen LogP contribution in [0.5, 0.6) is 0 Å². The van der Waals surface area contributed by atoms with Gasteiger partial charge in [0.2, 0.25) is 5.91 Å². The molecule has 4 rings (SSSR count). The van der Waals surface area contributed by atoms with Gasteiger partial charge in [-0.05, 0) is 32.4 Å². The molecule has 7 nitrogen and oxygen atoms in total. The number of nitrogens with one attached hydrogen (secondary N) is 1. The number of carbonyl (C=O) groups is 1. The highest BCUT2D eigenvalue weighted by Crippen LogP contribution is 2.38. The van der Waals surface area contributed by atoms with E-state index in [4.69, 9.17) is 16.7 Å². The summed E-state index contributed by atoms with van der Waals surface area (Å²) in [5.74, 6) is 0.428. The second-order valence-corrected chi connectivity index (χ2v) is 7.04. The highest BCUT2D eigenvalue weighted by atomic mass is 35.5. The molecule has 8 heteroatoms. The van der Waals surface area contributed by atoms with Gasteiger partial charge in [0.1, 0.15) is 5.15 Å². The lowest BCUT2D eigenvalue weighted by atomic mass is 10.0. The number of anilines is 1. The molecule has 4 heterocycles. The minimum atomic E-state index is -0.133. The summed E-state index contributed by atoms with van der Waals surface area (Å²) >= 11 is 5.93.